The van der Waals surface area contributed by atoms with E-state index in [-0.39, 0.29) is 17.4 Å². The number of aromatic nitrogens is 5. The largest absolute Gasteiger partial charge is 0.496 e. The van der Waals surface area contributed by atoms with E-state index in [0.29, 0.717) is 35.8 Å². The Morgan fingerprint density at radius 3 is 2.75 bits per heavy atom. The van der Waals surface area contributed by atoms with Gasteiger partial charge < -0.3 is 20.3 Å². The third-order valence-corrected chi connectivity index (χ3v) is 5.79. The molecule has 1 fully saturated rings. The molecule has 1 aromatic carbocycles. The van der Waals surface area contributed by atoms with Crippen LogP contribution in [0.2, 0.25) is 0 Å². The van der Waals surface area contributed by atoms with Gasteiger partial charge in [0.2, 0.25) is 0 Å². The highest BCUT2D eigenvalue weighted by Crippen LogP contribution is 2.37. The number of hydrogen-bond acceptors (Lipinski definition) is 7. The molecule has 0 bridgehead atoms. The third kappa shape index (κ3) is 3.25. The zero-order valence-electron chi connectivity index (χ0n) is 17.4. The van der Waals surface area contributed by atoms with Crippen molar-refractivity contribution in [1.82, 2.24) is 24.4 Å². The van der Waals surface area contributed by atoms with E-state index < -0.39 is 5.97 Å². The van der Waals surface area contributed by atoms with Crippen molar-refractivity contribution in [3.05, 3.63) is 48.4 Å². The van der Waals surface area contributed by atoms with Crippen LogP contribution in [0.15, 0.2) is 42.9 Å². The number of anilines is 1. The van der Waals surface area contributed by atoms with Crippen LogP contribution in [0.4, 0.5) is 5.82 Å². The number of fused-ring (bicyclic) bond motifs is 1. The standard InChI is InChI=1S/C22H22N6O4/c1-31-19-3-2-13(10-16(19)22(29)30)18-11-15(20-21(23)24-12-26-28(18)20)17-4-7-25-27(17)14-5-8-32-9-6-14/h2-4,7,10-12,14H,5-6,8-9H2,1H3,(H,29,30)(H2,23,24,26). The lowest BCUT2D eigenvalue weighted by Gasteiger charge is -2.24. The SMILES string of the molecule is COc1ccc(-c2cc(-c3ccnn3C3CCOCC3)c3c(N)ncnn23)cc1C(=O)O. The monoisotopic (exact) mass is 434 g/mol. The molecule has 3 aromatic heterocycles. The Hall–Kier alpha value is -3.92. The second-order valence-corrected chi connectivity index (χ2v) is 7.57. The molecule has 32 heavy (non-hydrogen) atoms. The molecular formula is C22H22N6O4. The van der Waals surface area contributed by atoms with Gasteiger partial charge in [0, 0.05) is 30.5 Å². The summed E-state index contributed by atoms with van der Waals surface area (Å²) in [5.74, 6) is -0.460. The number of carboxylic acid groups (broad SMARTS) is 1. The minimum absolute atomic E-state index is 0.0655. The van der Waals surface area contributed by atoms with Gasteiger partial charge >= 0.3 is 5.97 Å². The average molecular weight is 434 g/mol. The Morgan fingerprint density at radius 2 is 2.00 bits per heavy atom. The molecule has 3 N–H and O–H groups in total. The summed E-state index contributed by atoms with van der Waals surface area (Å²) in [6.07, 6.45) is 4.90. The third-order valence-electron chi connectivity index (χ3n) is 5.79. The average Bonchev–Trinajstić information content (AvgIpc) is 3.45. The van der Waals surface area contributed by atoms with Gasteiger partial charge in [0.15, 0.2) is 5.82 Å². The summed E-state index contributed by atoms with van der Waals surface area (Å²) in [4.78, 5) is 15.9. The molecule has 1 aliphatic rings. The number of nitrogens with two attached hydrogens (primary N) is 1. The van der Waals surface area contributed by atoms with Gasteiger partial charge in [-0.1, -0.05) is 0 Å². The molecule has 10 nitrogen and oxygen atoms in total. The Morgan fingerprint density at radius 1 is 1.19 bits per heavy atom. The van der Waals surface area contributed by atoms with E-state index in [1.165, 1.54) is 13.4 Å². The van der Waals surface area contributed by atoms with Crippen molar-refractivity contribution in [2.45, 2.75) is 18.9 Å². The topological polar surface area (TPSA) is 130 Å². The van der Waals surface area contributed by atoms with Crippen LogP contribution in [0, 0.1) is 0 Å². The van der Waals surface area contributed by atoms with Crippen LogP contribution in [0.3, 0.4) is 0 Å². The number of nitrogen functional groups attached to an aromatic ring is 1. The maximum Gasteiger partial charge on any atom is 0.339 e. The van der Waals surface area contributed by atoms with Crippen molar-refractivity contribution < 1.29 is 19.4 Å². The van der Waals surface area contributed by atoms with Crippen LogP contribution >= 0.6 is 0 Å². The van der Waals surface area contributed by atoms with Crippen LogP contribution in [-0.2, 0) is 4.74 Å². The van der Waals surface area contributed by atoms with Crippen LogP contribution in [0.25, 0.3) is 28.0 Å². The Balaban J connectivity index is 1.71. The van der Waals surface area contributed by atoms with E-state index in [2.05, 4.69) is 15.2 Å². The second-order valence-electron chi connectivity index (χ2n) is 7.57. The molecule has 0 amide bonds. The van der Waals surface area contributed by atoms with Crippen molar-refractivity contribution in [2.75, 3.05) is 26.1 Å². The van der Waals surface area contributed by atoms with Crippen LogP contribution < -0.4 is 10.5 Å². The number of carboxylic acids is 1. The van der Waals surface area contributed by atoms with E-state index >= 15 is 0 Å². The van der Waals surface area contributed by atoms with Crippen molar-refractivity contribution in [3.8, 4) is 28.3 Å². The fourth-order valence-electron chi connectivity index (χ4n) is 4.25. The van der Waals surface area contributed by atoms with Gasteiger partial charge in [-0.05, 0) is 43.2 Å². The minimum atomic E-state index is -1.07. The summed E-state index contributed by atoms with van der Waals surface area (Å²) in [5, 5.41) is 18.6. The van der Waals surface area contributed by atoms with Gasteiger partial charge in [0.05, 0.1) is 24.5 Å². The number of nitrogens with zero attached hydrogens (tertiary/aromatic N) is 5. The number of hydrogen-bond donors (Lipinski definition) is 2. The summed E-state index contributed by atoms with van der Waals surface area (Å²) in [7, 11) is 1.44. The number of ether oxygens (including phenoxy) is 2. The molecule has 0 saturated carbocycles. The molecule has 1 aliphatic heterocycles. The smallest absolute Gasteiger partial charge is 0.339 e. The first-order chi connectivity index (χ1) is 15.6. The lowest BCUT2D eigenvalue weighted by Crippen LogP contribution is -2.21. The van der Waals surface area contributed by atoms with Crippen molar-refractivity contribution in [1.29, 1.82) is 0 Å². The normalized spacial score (nSPS) is 14.7. The van der Waals surface area contributed by atoms with Crippen LogP contribution in [0.1, 0.15) is 29.2 Å². The van der Waals surface area contributed by atoms with Crippen LogP contribution in [0.5, 0.6) is 5.75 Å². The van der Waals surface area contributed by atoms with Crippen LogP contribution in [-0.4, -0.2) is 55.8 Å². The highest BCUT2D eigenvalue weighted by atomic mass is 16.5. The predicted octanol–water partition coefficient (Wildman–Crippen LogP) is 2.90. The van der Waals surface area contributed by atoms with Gasteiger partial charge in [0.25, 0.3) is 0 Å². The Labute approximate surface area is 183 Å². The maximum absolute atomic E-state index is 11.7. The first-order valence-electron chi connectivity index (χ1n) is 10.2. The Kier molecular flexibility index (Phi) is 4.98. The van der Waals surface area contributed by atoms with Crippen molar-refractivity contribution in [3.63, 3.8) is 0 Å². The number of methoxy groups -OCH3 is 1. The summed E-state index contributed by atoms with van der Waals surface area (Å²) in [6, 6.07) is 9.11. The summed E-state index contributed by atoms with van der Waals surface area (Å²) >= 11 is 0. The molecule has 4 aromatic rings. The molecule has 0 spiro atoms. The van der Waals surface area contributed by atoms with E-state index in [0.717, 1.165) is 24.1 Å². The lowest BCUT2D eigenvalue weighted by molar-refractivity contribution is 0.0667. The van der Waals surface area contributed by atoms with Crippen molar-refractivity contribution >= 4 is 17.3 Å². The van der Waals surface area contributed by atoms with Crippen molar-refractivity contribution in [2.24, 2.45) is 0 Å². The number of aromatic carboxylic acids is 1. The van der Waals surface area contributed by atoms with E-state index in [4.69, 9.17) is 15.2 Å². The molecule has 4 heterocycles. The van der Waals surface area contributed by atoms with Gasteiger partial charge in [-0.2, -0.15) is 10.2 Å². The molecule has 0 unspecified atom stereocenters. The lowest BCUT2D eigenvalue weighted by atomic mass is 10.1. The second kappa shape index (κ2) is 7.97. The summed E-state index contributed by atoms with van der Waals surface area (Å²) < 4.78 is 14.4. The maximum atomic E-state index is 11.7. The molecule has 10 heteroatoms. The van der Waals surface area contributed by atoms with E-state index in [1.807, 2.05) is 16.8 Å². The number of benzene rings is 1. The first-order valence-corrected chi connectivity index (χ1v) is 10.2. The molecule has 0 atom stereocenters. The molecular weight excluding hydrogens is 412 g/mol. The van der Waals surface area contributed by atoms with E-state index in [1.54, 1.807) is 28.9 Å². The first kappa shape index (κ1) is 20.0. The highest BCUT2D eigenvalue weighted by Gasteiger charge is 2.24. The zero-order chi connectivity index (χ0) is 22.2. The van der Waals surface area contributed by atoms with Gasteiger partial charge in [-0.25, -0.2) is 14.3 Å². The molecule has 5 rings (SSSR count). The fraction of sp³-hybridized carbons (Fsp3) is 0.273. The number of rotatable bonds is 5. The fourth-order valence-corrected chi connectivity index (χ4v) is 4.25. The summed E-state index contributed by atoms with van der Waals surface area (Å²) in [6.45, 7) is 1.39. The van der Waals surface area contributed by atoms with Gasteiger partial charge in [-0.3, -0.25) is 4.68 Å². The summed E-state index contributed by atoms with van der Waals surface area (Å²) in [5.41, 5.74) is 10.1. The molecule has 164 valence electrons. The van der Waals surface area contributed by atoms with E-state index in [9.17, 15) is 9.90 Å². The van der Waals surface area contributed by atoms with Gasteiger partial charge in [-0.15, -0.1) is 0 Å². The quantitative estimate of drug-likeness (QED) is 0.490. The Bertz CT molecular complexity index is 1310. The molecule has 0 radical (unpaired) electrons. The minimum Gasteiger partial charge on any atom is -0.496 e. The zero-order valence-corrected chi connectivity index (χ0v) is 17.4. The predicted molar refractivity (Wildman–Crippen MR) is 117 cm³/mol. The molecule has 0 aliphatic carbocycles. The number of carbonyl (C=O) groups is 1. The molecule has 1 saturated heterocycles. The highest BCUT2D eigenvalue weighted by molar-refractivity contribution is 5.94. The van der Waals surface area contributed by atoms with Gasteiger partial charge in [0.1, 0.15) is 23.2 Å².